The molecule has 0 saturated heterocycles. The van der Waals surface area contributed by atoms with Gasteiger partial charge in [0.2, 0.25) is 0 Å². The van der Waals surface area contributed by atoms with E-state index in [0.717, 1.165) is 50.1 Å². The molecule has 0 spiro atoms. The van der Waals surface area contributed by atoms with E-state index in [1.54, 1.807) is 10.9 Å². The smallest absolute Gasteiger partial charge is 0.267 e. The maximum absolute atomic E-state index is 13.9. The van der Waals surface area contributed by atoms with E-state index < -0.39 is 0 Å². The first-order valence-electron chi connectivity index (χ1n) is 11.1. The van der Waals surface area contributed by atoms with E-state index in [9.17, 15) is 4.79 Å². The monoisotopic (exact) mass is 461 g/mol. The van der Waals surface area contributed by atoms with Crippen molar-refractivity contribution in [3.8, 4) is 22.4 Å². The summed E-state index contributed by atoms with van der Waals surface area (Å²) >= 11 is 6.45. The van der Waals surface area contributed by atoms with Crippen molar-refractivity contribution < 1.29 is 4.79 Å². The Morgan fingerprint density at radius 1 is 0.824 bits per heavy atom. The molecule has 0 N–H and O–H groups in total. The SMILES string of the molecule is O=C1C(c2ccc3ncccc3c2)=C(CCl)Cc2c(-c3ccccc3)c(-c3ccccc3)nn21. The Balaban J connectivity index is 1.56. The number of hydrogen-bond donors (Lipinski definition) is 0. The first kappa shape index (κ1) is 20.6. The van der Waals surface area contributed by atoms with Gasteiger partial charge < -0.3 is 0 Å². The summed E-state index contributed by atoms with van der Waals surface area (Å²) in [6.45, 7) is 0. The number of aromatic nitrogens is 3. The fourth-order valence-electron chi connectivity index (χ4n) is 4.71. The van der Waals surface area contributed by atoms with Crippen LogP contribution in [0.1, 0.15) is 16.1 Å². The first-order chi connectivity index (χ1) is 16.7. The van der Waals surface area contributed by atoms with Crippen LogP contribution in [0.15, 0.2) is 103 Å². The van der Waals surface area contributed by atoms with E-state index in [1.165, 1.54) is 0 Å². The van der Waals surface area contributed by atoms with Crippen LogP contribution in [0.4, 0.5) is 0 Å². The fourth-order valence-corrected chi connectivity index (χ4v) is 4.94. The molecule has 2 aromatic heterocycles. The van der Waals surface area contributed by atoms with Crippen molar-refractivity contribution in [2.45, 2.75) is 6.42 Å². The summed E-state index contributed by atoms with van der Waals surface area (Å²) in [5, 5.41) is 5.84. The highest BCUT2D eigenvalue weighted by Crippen LogP contribution is 2.40. The quantitative estimate of drug-likeness (QED) is 0.281. The Hall–Kier alpha value is -4.02. The Kier molecular flexibility index (Phi) is 5.08. The zero-order valence-electron chi connectivity index (χ0n) is 18.3. The zero-order chi connectivity index (χ0) is 23.1. The van der Waals surface area contributed by atoms with Crippen molar-refractivity contribution in [1.29, 1.82) is 0 Å². The molecule has 34 heavy (non-hydrogen) atoms. The minimum absolute atomic E-state index is 0.153. The molecule has 3 heterocycles. The number of nitrogens with zero attached hydrogens (tertiary/aromatic N) is 3. The van der Waals surface area contributed by atoms with Gasteiger partial charge >= 0.3 is 0 Å². The van der Waals surface area contributed by atoms with Gasteiger partial charge in [-0.25, -0.2) is 0 Å². The first-order valence-corrected chi connectivity index (χ1v) is 11.7. The van der Waals surface area contributed by atoms with E-state index in [4.69, 9.17) is 16.7 Å². The third-order valence-corrected chi connectivity index (χ3v) is 6.61. The minimum atomic E-state index is -0.153. The lowest BCUT2D eigenvalue weighted by Gasteiger charge is -2.21. The average molecular weight is 462 g/mol. The van der Waals surface area contributed by atoms with Gasteiger partial charge in [0.15, 0.2) is 0 Å². The van der Waals surface area contributed by atoms with Gasteiger partial charge in [-0.1, -0.05) is 72.8 Å². The summed E-state index contributed by atoms with van der Waals surface area (Å²) in [5.74, 6) is 0.117. The Labute approximate surface area is 202 Å². The number of allylic oxidation sites excluding steroid dienone is 2. The lowest BCUT2D eigenvalue weighted by molar-refractivity contribution is 0.0958. The van der Waals surface area contributed by atoms with Crippen LogP contribution in [0.25, 0.3) is 38.9 Å². The normalized spacial score (nSPS) is 13.4. The standard InChI is InChI=1S/C29H20ClN3O/c30-18-23-17-25-27(19-8-3-1-4-9-19)28(20-10-5-2-6-11-20)32-33(25)29(34)26(23)22-13-14-24-21(16-22)12-7-15-31-24/h1-16H,17-18H2. The van der Waals surface area contributed by atoms with Crippen molar-refractivity contribution in [2.75, 3.05) is 5.88 Å². The number of carbonyl (C=O) groups is 1. The van der Waals surface area contributed by atoms with Crippen LogP contribution < -0.4 is 0 Å². The summed E-state index contributed by atoms with van der Waals surface area (Å²) in [4.78, 5) is 18.3. The van der Waals surface area contributed by atoms with Crippen LogP contribution >= 0.6 is 11.6 Å². The summed E-state index contributed by atoms with van der Waals surface area (Å²) in [6.07, 6.45) is 2.32. The van der Waals surface area contributed by atoms with E-state index in [0.29, 0.717) is 12.0 Å². The van der Waals surface area contributed by atoms with Crippen molar-refractivity contribution in [1.82, 2.24) is 14.8 Å². The zero-order valence-corrected chi connectivity index (χ0v) is 19.0. The molecular weight excluding hydrogens is 442 g/mol. The van der Waals surface area contributed by atoms with Crippen molar-refractivity contribution in [3.63, 3.8) is 0 Å². The summed E-state index contributed by atoms with van der Waals surface area (Å²) in [5.41, 5.74) is 7.90. The molecule has 5 aromatic rings. The maximum atomic E-state index is 13.9. The second kappa shape index (κ2) is 8.40. The Morgan fingerprint density at radius 2 is 1.56 bits per heavy atom. The van der Waals surface area contributed by atoms with Crippen LogP contribution in [0, 0.1) is 0 Å². The van der Waals surface area contributed by atoms with Crippen LogP contribution in [-0.4, -0.2) is 26.6 Å². The molecule has 0 radical (unpaired) electrons. The van der Waals surface area contributed by atoms with E-state index in [-0.39, 0.29) is 11.8 Å². The second-order valence-corrected chi connectivity index (χ2v) is 8.59. The average Bonchev–Trinajstić information content (AvgIpc) is 3.29. The van der Waals surface area contributed by atoms with Crippen LogP contribution in [0.5, 0.6) is 0 Å². The van der Waals surface area contributed by atoms with E-state index in [2.05, 4.69) is 17.1 Å². The summed E-state index contributed by atoms with van der Waals surface area (Å²) < 4.78 is 1.57. The van der Waals surface area contributed by atoms with E-state index in [1.807, 2.05) is 78.9 Å². The highest BCUT2D eigenvalue weighted by molar-refractivity contribution is 6.27. The molecule has 6 rings (SSSR count). The Morgan fingerprint density at radius 3 is 2.29 bits per heavy atom. The molecule has 0 unspecified atom stereocenters. The third-order valence-electron chi connectivity index (χ3n) is 6.28. The summed E-state index contributed by atoms with van der Waals surface area (Å²) in [6, 6.07) is 29.9. The number of rotatable bonds is 4. The van der Waals surface area contributed by atoms with Crippen molar-refractivity contribution in [3.05, 3.63) is 114 Å². The molecule has 3 aromatic carbocycles. The van der Waals surface area contributed by atoms with Gasteiger partial charge in [0.1, 0.15) is 5.69 Å². The predicted molar refractivity (Wildman–Crippen MR) is 137 cm³/mol. The molecule has 4 nitrogen and oxygen atoms in total. The molecular formula is C29H20ClN3O. The van der Waals surface area contributed by atoms with Crippen molar-refractivity contribution >= 4 is 34.0 Å². The topological polar surface area (TPSA) is 47.8 Å². The second-order valence-electron chi connectivity index (χ2n) is 8.32. The van der Waals surface area contributed by atoms with Gasteiger partial charge in [0, 0.05) is 40.6 Å². The molecule has 164 valence electrons. The number of halogens is 1. The van der Waals surface area contributed by atoms with Gasteiger partial charge in [0.25, 0.3) is 5.91 Å². The number of fused-ring (bicyclic) bond motifs is 2. The highest BCUT2D eigenvalue weighted by atomic mass is 35.5. The van der Waals surface area contributed by atoms with Crippen LogP contribution in [0.3, 0.4) is 0 Å². The number of alkyl halides is 1. The third kappa shape index (κ3) is 3.35. The molecule has 5 heteroatoms. The lowest BCUT2D eigenvalue weighted by atomic mass is 9.90. The molecule has 0 fully saturated rings. The predicted octanol–water partition coefficient (Wildman–Crippen LogP) is 6.65. The number of benzene rings is 3. The van der Waals surface area contributed by atoms with Gasteiger partial charge in [-0.3, -0.25) is 9.78 Å². The molecule has 0 saturated carbocycles. The number of carbonyl (C=O) groups excluding carboxylic acids is 1. The molecule has 0 aliphatic carbocycles. The fraction of sp³-hybridized carbons (Fsp3) is 0.0690. The number of pyridine rings is 1. The minimum Gasteiger partial charge on any atom is -0.267 e. The van der Waals surface area contributed by atoms with Crippen molar-refractivity contribution in [2.24, 2.45) is 0 Å². The van der Waals surface area contributed by atoms with Gasteiger partial charge in [0.05, 0.1) is 11.2 Å². The van der Waals surface area contributed by atoms with E-state index >= 15 is 0 Å². The van der Waals surface area contributed by atoms with Gasteiger partial charge in [-0.05, 0) is 34.9 Å². The molecule has 1 aliphatic rings. The maximum Gasteiger partial charge on any atom is 0.279 e. The number of hydrogen-bond acceptors (Lipinski definition) is 3. The molecule has 0 amide bonds. The lowest BCUT2D eigenvalue weighted by Crippen LogP contribution is -2.24. The molecule has 0 bridgehead atoms. The highest BCUT2D eigenvalue weighted by Gasteiger charge is 2.32. The molecule has 1 aliphatic heterocycles. The van der Waals surface area contributed by atoms with Crippen LogP contribution in [0.2, 0.25) is 0 Å². The Bertz CT molecular complexity index is 1570. The van der Waals surface area contributed by atoms with Gasteiger partial charge in [-0.2, -0.15) is 9.78 Å². The summed E-state index contributed by atoms with van der Waals surface area (Å²) in [7, 11) is 0. The van der Waals surface area contributed by atoms with Crippen LogP contribution in [-0.2, 0) is 6.42 Å². The molecule has 0 atom stereocenters. The van der Waals surface area contributed by atoms with Gasteiger partial charge in [-0.15, -0.1) is 11.6 Å². The largest absolute Gasteiger partial charge is 0.279 e.